The molecule has 1 heterocycles. The molecule has 7 heteroatoms. The number of carbonyl (C=O) groups excluding carboxylic acids is 1. The average Bonchev–Trinajstić information content (AvgIpc) is 2.45. The van der Waals surface area contributed by atoms with Crippen molar-refractivity contribution in [2.75, 3.05) is 5.43 Å². The number of amides is 1. The maximum Gasteiger partial charge on any atom is 0.426 e. The molecule has 1 amide bonds. The van der Waals surface area contributed by atoms with Gasteiger partial charge in [-0.3, -0.25) is 5.43 Å². The Balaban J connectivity index is 1.93. The van der Waals surface area contributed by atoms with Gasteiger partial charge in [-0.05, 0) is 32.9 Å². The molecule has 0 saturated heterocycles. The lowest BCUT2D eigenvalue weighted by atomic mass is 10.2. The molecule has 0 fully saturated rings. The third-order valence-electron chi connectivity index (χ3n) is 2.27. The number of rotatable bonds is 4. The third kappa shape index (κ3) is 5.28. The predicted molar refractivity (Wildman–Crippen MR) is 81.5 cm³/mol. The summed E-state index contributed by atoms with van der Waals surface area (Å²) in [6.07, 6.45) is 0.898. The molecule has 0 unspecified atom stereocenters. The number of nitrogens with one attached hydrogen (secondary N) is 2. The molecule has 0 aliphatic heterocycles. The molecule has 0 bridgehead atoms. The summed E-state index contributed by atoms with van der Waals surface area (Å²) in [5, 5.41) is 0. The quantitative estimate of drug-likeness (QED) is 0.844. The number of hydrazine groups is 1. The Bertz CT molecular complexity index is 626. The molecule has 2 aromatic rings. The van der Waals surface area contributed by atoms with Gasteiger partial charge in [0.25, 0.3) is 0 Å². The van der Waals surface area contributed by atoms with Gasteiger partial charge in [-0.25, -0.2) is 15.2 Å². The maximum absolute atomic E-state index is 11.5. The SMILES string of the molecule is CC(C)(C)OC(=O)NNc1nccc(Oc2ccccc2)n1. The first kappa shape index (κ1) is 15.6. The zero-order valence-corrected chi connectivity index (χ0v) is 12.7. The molecule has 0 aliphatic carbocycles. The van der Waals surface area contributed by atoms with Crippen molar-refractivity contribution in [3.8, 4) is 11.6 Å². The Morgan fingerprint density at radius 2 is 1.86 bits per heavy atom. The highest BCUT2D eigenvalue weighted by atomic mass is 16.6. The molecule has 2 N–H and O–H groups in total. The van der Waals surface area contributed by atoms with Gasteiger partial charge < -0.3 is 9.47 Å². The van der Waals surface area contributed by atoms with Crippen LogP contribution < -0.4 is 15.6 Å². The van der Waals surface area contributed by atoms with Gasteiger partial charge in [0.2, 0.25) is 11.8 Å². The van der Waals surface area contributed by atoms with Crippen LogP contribution >= 0.6 is 0 Å². The summed E-state index contributed by atoms with van der Waals surface area (Å²) in [5.41, 5.74) is 4.34. The molecule has 116 valence electrons. The lowest BCUT2D eigenvalue weighted by molar-refractivity contribution is 0.0540. The molecular weight excluding hydrogens is 284 g/mol. The standard InChI is InChI=1S/C15H18N4O3/c1-15(2,3)22-14(20)19-18-13-16-10-9-12(17-13)21-11-7-5-4-6-8-11/h4-10H,1-3H3,(H,19,20)(H,16,17,18). The normalized spacial score (nSPS) is 10.7. The number of benzene rings is 1. The van der Waals surface area contributed by atoms with Gasteiger partial charge in [0.15, 0.2) is 0 Å². The van der Waals surface area contributed by atoms with Gasteiger partial charge in [0.05, 0.1) is 0 Å². The first-order valence-corrected chi connectivity index (χ1v) is 6.73. The van der Waals surface area contributed by atoms with Crippen molar-refractivity contribution >= 4 is 12.0 Å². The van der Waals surface area contributed by atoms with Crippen LogP contribution in [-0.4, -0.2) is 21.7 Å². The fourth-order valence-electron chi connectivity index (χ4n) is 1.48. The Morgan fingerprint density at radius 3 is 2.55 bits per heavy atom. The van der Waals surface area contributed by atoms with E-state index in [9.17, 15) is 4.79 Å². The number of hydrogen-bond acceptors (Lipinski definition) is 6. The van der Waals surface area contributed by atoms with E-state index < -0.39 is 11.7 Å². The van der Waals surface area contributed by atoms with Crippen molar-refractivity contribution < 1.29 is 14.3 Å². The lowest BCUT2D eigenvalue weighted by Crippen LogP contribution is -2.36. The molecule has 0 spiro atoms. The van der Waals surface area contributed by atoms with E-state index in [0.29, 0.717) is 11.6 Å². The van der Waals surface area contributed by atoms with E-state index in [0.717, 1.165) is 0 Å². The zero-order valence-electron chi connectivity index (χ0n) is 12.7. The van der Waals surface area contributed by atoms with Gasteiger partial charge in [0, 0.05) is 12.3 Å². The van der Waals surface area contributed by atoms with Crippen molar-refractivity contribution in [3.05, 3.63) is 42.6 Å². The van der Waals surface area contributed by atoms with Crippen LogP contribution in [0.1, 0.15) is 20.8 Å². The number of carbonyl (C=O) groups is 1. The highest BCUT2D eigenvalue weighted by Crippen LogP contribution is 2.18. The van der Waals surface area contributed by atoms with Crippen LogP contribution in [-0.2, 0) is 4.74 Å². The second-order valence-corrected chi connectivity index (χ2v) is 5.39. The van der Waals surface area contributed by atoms with Crippen LogP contribution in [0, 0.1) is 0 Å². The fourth-order valence-corrected chi connectivity index (χ4v) is 1.48. The van der Waals surface area contributed by atoms with Gasteiger partial charge in [-0.2, -0.15) is 4.98 Å². The summed E-state index contributed by atoms with van der Waals surface area (Å²) in [5.74, 6) is 1.21. The fraction of sp³-hybridized carbons (Fsp3) is 0.267. The van der Waals surface area contributed by atoms with Crippen molar-refractivity contribution in [2.45, 2.75) is 26.4 Å². The minimum atomic E-state index is -0.620. The summed E-state index contributed by atoms with van der Waals surface area (Å²) in [4.78, 5) is 19.6. The van der Waals surface area contributed by atoms with E-state index >= 15 is 0 Å². The molecule has 0 radical (unpaired) electrons. The van der Waals surface area contributed by atoms with E-state index in [1.807, 2.05) is 30.3 Å². The van der Waals surface area contributed by atoms with Crippen LogP contribution in [0.2, 0.25) is 0 Å². The van der Waals surface area contributed by atoms with E-state index in [-0.39, 0.29) is 5.95 Å². The second-order valence-electron chi connectivity index (χ2n) is 5.39. The van der Waals surface area contributed by atoms with E-state index in [4.69, 9.17) is 9.47 Å². The first-order chi connectivity index (χ1) is 10.4. The lowest BCUT2D eigenvalue weighted by Gasteiger charge is -2.19. The largest absolute Gasteiger partial charge is 0.443 e. The molecule has 7 nitrogen and oxygen atoms in total. The minimum Gasteiger partial charge on any atom is -0.443 e. The van der Waals surface area contributed by atoms with Gasteiger partial charge in [0.1, 0.15) is 11.4 Å². The molecule has 22 heavy (non-hydrogen) atoms. The molecule has 1 aromatic heterocycles. The van der Waals surface area contributed by atoms with Gasteiger partial charge in [-0.1, -0.05) is 18.2 Å². The first-order valence-electron chi connectivity index (χ1n) is 6.73. The van der Waals surface area contributed by atoms with Crippen molar-refractivity contribution in [2.24, 2.45) is 0 Å². The van der Waals surface area contributed by atoms with Crippen LogP contribution in [0.15, 0.2) is 42.6 Å². The monoisotopic (exact) mass is 302 g/mol. The van der Waals surface area contributed by atoms with Crippen LogP contribution in [0.3, 0.4) is 0 Å². The van der Waals surface area contributed by atoms with E-state index in [2.05, 4.69) is 20.8 Å². The number of para-hydroxylation sites is 1. The van der Waals surface area contributed by atoms with Crippen LogP contribution in [0.5, 0.6) is 11.6 Å². The number of anilines is 1. The van der Waals surface area contributed by atoms with Crippen molar-refractivity contribution in [1.82, 2.24) is 15.4 Å². The highest BCUT2D eigenvalue weighted by molar-refractivity contribution is 5.69. The summed E-state index contributed by atoms with van der Waals surface area (Å²) < 4.78 is 10.7. The summed E-state index contributed by atoms with van der Waals surface area (Å²) in [6, 6.07) is 10.9. The number of aromatic nitrogens is 2. The van der Waals surface area contributed by atoms with Crippen LogP contribution in [0.4, 0.5) is 10.7 Å². The van der Waals surface area contributed by atoms with Gasteiger partial charge >= 0.3 is 6.09 Å². The zero-order chi connectivity index (χ0) is 16.0. The minimum absolute atomic E-state index is 0.194. The Labute approximate surface area is 128 Å². The Kier molecular flexibility index (Phi) is 4.77. The second kappa shape index (κ2) is 6.75. The molecule has 0 saturated carbocycles. The topological polar surface area (TPSA) is 85.4 Å². The number of hydrogen-bond donors (Lipinski definition) is 2. The van der Waals surface area contributed by atoms with E-state index in [1.54, 1.807) is 26.8 Å². The molecule has 1 aromatic carbocycles. The smallest absolute Gasteiger partial charge is 0.426 e. The highest BCUT2D eigenvalue weighted by Gasteiger charge is 2.16. The molecule has 2 rings (SSSR count). The number of ether oxygens (including phenoxy) is 2. The molecule has 0 atom stereocenters. The van der Waals surface area contributed by atoms with E-state index in [1.165, 1.54) is 6.20 Å². The van der Waals surface area contributed by atoms with Gasteiger partial charge in [-0.15, -0.1) is 0 Å². The Morgan fingerprint density at radius 1 is 1.14 bits per heavy atom. The molecule has 0 aliphatic rings. The summed E-state index contributed by atoms with van der Waals surface area (Å²) in [6.45, 7) is 5.33. The van der Waals surface area contributed by atoms with Crippen molar-refractivity contribution in [3.63, 3.8) is 0 Å². The molecular formula is C15H18N4O3. The van der Waals surface area contributed by atoms with Crippen LogP contribution in [0.25, 0.3) is 0 Å². The summed E-state index contributed by atoms with van der Waals surface area (Å²) >= 11 is 0. The third-order valence-corrected chi connectivity index (χ3v) is 2.27. The Hall–Kier alpha value is -2.83. The predicted octanol–water partition coefficient (Wildman–Crippen LogP) is 3.12. The summed E-state index contributed by atoms with van der Waals surface area (Å²) in [7, 11) is 0. The number of nitrogens with zero attached hydrogens (tertiary/aromatic N) is 2. The maximum atomic E-state index is 11.5. The van der Waals surface area contributed by atoms with Crippen molar-refractivity contribution in [1.29, 1.82) is 0 Å². The average molecular weight is 302 g/mol.